The van der Waals surface area contributed by atoms with Crippen LogP contribution in [0.4, 0.5) is 0 Å². The van der Waals surface area contributed by atoms with Gasteiger partial charge in [0.25, 0.3) is 0 Å². The lowest BCUT2D eigenvalue weighted by Gasteiger charge is -2.09. The van der Waals surface area contributed by atoms with Crippen LogP contribution in [0.2, 0.25) is 0 Å². The van der Waals surface area contributed by atoms with E-state index in [0.29, 0.717) is 0 Å². The van der Waals surface area contributed by atoms with Gasteiger partial charge in [-0.2, -0.15) is 0 Å². The van der Waals surface area contributed by atoms with Crippen molar-refractivity contribution in [1.29, 1.82) is 0 Å². The van der Waals surface area contributed by atoms with E-state index in [1.165, 1.54) is 27.5 Å². The number of benzene rings is 2. The monoisotopic (exact) mass is 276 g/mol. The molecule has 1 heterocycles. The third-order valence-corrected chi connectivity index (χ3v) is 3.67. The molecule has 0 aliphatic rings. The minimum Gasteiger partial charge on any atom is -0.313 e. The highest BCUT2D eigenvalue weighted by Crippen LogP contribution is 2.28. The summed E-state index contributed by atoms with van der Waals surface area (Å²) in [7, 11) is 0. The smallest absolute Gasteiger partial charge is 0.0346 e. The second kappa shape index (κ2) is 6.51. The molecule has 3 rings (SSSR count). The van der Waals surface area contributed by atoms with Crippen molar-refractivity contribution in [2.24, 2.45) is 0 Å². The van der Waals surface area contributed by atoms with Crippen molar-refractivity contribution in [3.63, 3.8) is 0 Å². The van der Waals surface area contributed by atoms with Gasteiger partial charge in [0, 0.05) is 24.3 Å². The molecule has 0 bridgehead atoms. The van der Waals surface area contributed by atoms with Gasteiger partial charge in [-0.25, -0.2) is 0 Å². The molecule has 0 spiro atoms. The quantitative estimate of drug-likeness (QED) is 0.699. The van der Waals surface area contributed by atoms with Crippen LogP contribution in [0.25, 0.3) is 21.9 Å². The first-order chi connectivity index (χ1) is 10.4. The molecule has 106 valence electrons. The molecule has 0 aliphatic carbocycles. The lowest BCUT2D eigenvalue weighted by atomic mass is 9.98. The first-order valence-corrected chi connectivity index (χ1v) is 7.51. The van der Waals surface area contributed by atoms with E-state index in [2.05, 4.69) is 65.8 Å². The summed E-state index contributed by atoms with van der Waals surface area (Å²) < 4.78 is 0. The fraction of sp³-hybridized carbons (Fsp3) is 0.211. The van der Waals surface area contributed by atoms with Gasteiger partial charge in [0.1, 0.15) is 0 Å². The van der Waals surface area contributed by atoms with Crippen LogP contribution in [0.5, 0.6) is 0 Å². The zero-order chi connectivity index (χ0) is 14.5. The Morgan fingerprint density at radius 1 is 1.05 bits per heavy atom. The fourth-order valence-electron chi connectivity index (χ4n) is 2.63. The molecule has 0 fully saturated rings. The molecule has 2 nitrogen and oxygen atoms in total. The van der Waals surface area contributed by atoms with Gasteiger partial charge in [0.15, 0.2) is 0 Å². The predicted molar refractivity (Wildman–Crippen MR) is 89.2 cm³/mol. The van der Waals surface area contributed by atoms with Gasteiger partial charge in [-0.1, -0.05) is 43.3 Å². The second-order valence-electron chi connectivity index (χ2n) is 5.28. The summed E-state index contributed by atoms with van der Waals surface area (Å²) in [6.45, 7) is 4.17. The Bertz CT molecular complexity index is 729. The Labute approximate surface area is 125 Å². The van der Waals surface area contributed by atoms with Crippen molar-refractivity contribution in [3.05, 3.63) is 66.5 Å². The Morgan fingerprint density at radius 3 is 2.86 bits per heavy atom. The molecular formula is C19H20N2. The standard InChI is InChI=1S/C19H20N2/c1-2-10-20-13-15-5-3-6-16(12-15)18-8-4-7-17-14-21-11-9-19(17)18/h3-9,11-12,14,20H,2,10,13H2,1H3. The molecule has 0 saturated heterocycles. The van der Waals surface area contributed by atoms with Crippen LogP contribution in [0, 0.1) is 0 Å². The maximum Gasteiger partial charge on any atom is 0.0346 e. The van der Waals surface area contributed by atoms with E-state index in [1.807, 2.05) is 12.4 Å². The van der Waals surface area contributed by atoms with Crippen LogP contribution < -0.4 is 5.32 Å². The van der Waals surface area contributed by atoms with Crippen LogP contribution in [0.3, 0.4) is 0 Å². The third kappa shape index (κ3) is 3.11. The largest absolute Gasteiger partial charge is 0.313 e. The number of pyridine rings is 1. The van der Waals surface area contributed by atoms with E-state index < -0.39 is 0 Å². The average molecular weight is 276 g/mol. The first kappa shape index (κ1) is 13.8. The van der Waals surface area contributed by atoms with Gasteiger partial charge in [-0.05, 0) is 47.2 Å². The van der Waals surface area contributed by atoms with Crippen LogP contribution in [-0.4, -0.2) is 11.5 Å². The maximum absolute atomic E-state index is 4.21. The number of fused-ring (bicyclic) bond motifs is 1. The van der Waals surface area contributed by atoms with Crippen LogP contribution in [-0.2, 0) is 6.54 Å². The Balaban J connectivity index is 1.97. The summed E-state index contributed by atoms with van der Waals surface area (Å²) in [5.41, 5.74) is 3.86. The topological polar surface area (TPSA) is 24.9 Å². The number of nitrogens with zero attached hydrogens (tertiary/aromatic N) is 1. The van der Waals surface area contributed by atoms with Crippen LogP contribution in [0.15, 0.2) is 60.9 Å². The van der Waals surface area contributed by atoms with Crippen molar-refractivity contribution in [1.82, 2.24) is 10.3 Å². The molecule has 0 aliphatic heterocycles. The molecule has 0 unspecified atom stereocenters. The highest BCUT2D eigenvalue weighted by atomic mass is 14.8. The highest BCUT2D eigenvalue weighted by Gasteiger charge is 2.04. The van der Waals surface area contributed by atoms with Crippen molar-refractivity contribution in [3.8, 4) is 11.1 Å². The lowest BCUT2D eigenvalue weighted by molar-refractivity contribution is 0.675. The molecule has 0 atom stereocenters. The number of nitrogens with one attached hydrogen (secondary N) is 1. The SMILES string of the molecule is CCCNCc1cccc(-c2cccc3cnccc23)c1. The van der Waals surface area contributed by atoms with Crippen molar-refractivity contribution in [2.45, 2.75) is 19.9 Å². The fourth-order valence-corrected chi connectivity index (χ4v) is 2.63. The van der Waals surface area contributed by atoms with E-state index in [0.717, 1.165) is 19.5 Å². The molecule has 1 aromatic heterocycles. The Hall–Kier alpha value is -2.19. The highest BCUT2D eigenvalue weighted by molar-refractivity contribution is 5.96. The van der Waals surface area contributed by atoms with Crippen molar-refractivity contribution in [2.75, 3.05) is 6.54 Å². The number of hydrogen-bond donors (Lipinski definition) is 1. The molecule has 0 saturated carbocycles. The Kier molecular flexibility index (Phi) is 4.27. The van der Waals surface area contributed by atoms with Gasteiger partial charge in [-0.15, -0.1) is 0 Å². The first-order valence-electron chi connectivity index (χ1n) is 7.51. The van der Waals surface area contributed by atoms with Crippen molar-refractivity contribution < 1.29 is 0 Å². The molecular weight excluding hydrogens is 256 g/mol. The molecule has 0 amide bonds. The van der Waals surface area contributed by atoms with E-state index >= 15 is 0 Å². The number of rotatable bonds is 5. The van der Waals surface area contributed by atoms with E-state index in [4.69, 9.17) is 0 Å². The zero-order valence-electron chi connectivity index (χ0n) is 12.3. The lowest BCUT2D eigenvalue weighted by Crippen LogP contribution is -2.13. The van der Waals surface area contributed by atoms with E-state index in [-0.39, 0.29) is 0 Å². The molecule has 1 N–H and O–H groups in total. The van der Waals surface area contributed by atoms with Gasteiger partial charge in [-0.3, -0.25) is 4.98 Å². The summed E-state index contributed by atoms with van der Waals surface area (Å²) in [4.78, 5) is 4.21. The number of hydrogen-bond acceptors (Lipinski definition) is 2. The second-order valence-corrected chi connectivity index (χ2v) is 5.28. The van der Waals surface area contributed by atoms with Gasteiger partial charge in [0.2, 0.25) is 0 Å². The van der Waals surface area contributed by atoms with Gasteiger partial charge >= 0.3 is 0 Å². The summed E-state index contributed by atoms with van der Waals surface area (Å²) in [6.07, 6.45) is 4.94. The molecule has 2 aromatic carbocycles. The van der Waals surface area contributed by atoms with Gasteiger partial charge < -0.3 is 5.32 Å². The van der Waals surface area contributed by atoms with Crippen LogP contribution in [0.1, 0.15) is 18.9 Å². The summed E-state index contributed by atoms with van der Waals surface area (Å²) in [5.74, 6) is 0. The Morgan fingerprint density at radius 2 is 1.95 bits per heavy atom. The normalized spacial score (nSPS) is 10.9. The van der Waals surface area contributed by atoms with Crippen molar-refractivity contribution >= 4 is 10.8 Å². The average Bonchev–Trinajstić information content (AvgIpc) is 2.55. The minimum absolute atomic E-state index is 0.925. The molecule has 21 heavy (non-hydrogen) atoms. The summed E-state index contributed by atoms with van der Waals surface area (Å²) in [5, 5.41) is 5.90. The van der Waals surface area contributed by atoms with E-state index in [9.17, 15) is 0 Å². The van der Waals surface area contributed by atoms with Crippen LogP contribution >= 0.6 is 0 Å². The molecule has 0 radical (unpaired) electrons. The maximum atomic E-state index is 4.21. The molecule has 2 heteroatoms. The third-order valence-electron chi connectivity index (χ3n) is 3.67. The zero-order valence-corrected chi connectivity index (χ0v) is 12.3. The van der Waals surface area contributed by atoms with E-state index in [1.54, 1.807) is 0 Å². The molecule has 3 aromatic rings. The summed E-state index contributed by atoms with van der Waals surface area (Å²) in [6, 6.07) is 17.3. The van der Waals surface area contributed by atoms with Gasteiger partial charge in [0.05, 0.1) is 0 Å². The number of aromatic nitrogens is 1. The minimum atomic E-state index is 0.925. The predicted octanol–water partition coefficient (Wildman–Crippen LogP) is 4.40. The summed E-state index contributed by atoms with van der Waals surface area (Å²) >= 11 is 0.